The average molecular weight is 1160 g/mol. The number of halogens is 2. The van der Waals surface area contributed by atoms with Gasteiger partial charge in [-0.2, -0.15) is 0 Å². The summed E-state index contributed by atoms with van der Waals surface area (Å²) in [6.45, 7) is 17.2. The SMILES string of the molecule is CC(C)C[C@H]1C(=O)O[C@H](C)C(=O)N(C)[C@@H](CC(C)(C)F)C(=O)O[C@H](Cc2ccc(C3CCOCC3)cc2)C(O)N(C)[C@@H](CC(C)C)C(=O)O[C@H](C)C(=O)N(C)[C@@H](CC(C)(C)F)C(=O)O[C@H](Cc2ccc(C3CCOCC3)cc2)C(=O)N1C. The number of carbonyl (C=O) groups is 7. The fraction of sp³-hybridized carbons (Fsp3) is 0.694. The zero-order valence-electron chi connectivity index (χ0n) is 50.8. The molecule has 0 aliphatic carbocycles. The van der Waals surface area contributed by atoms with Crippen LogP contribution in [0.25, 0.3) is 0 Å². The average Bonchev–Trinajstić information content (AvgIpc) is 3.64. The summed E-state index contributed by atoms with van der Waals surface area (Å²) in [5.74, 6) is -6.91. The molecule has 2 aromatic carbocycles. The summed E-state index contributed by atoms with van der Waals surface area (Å²) in [6, 6.07) is 9.03. The first-order valence-electron chi connectivity index (χ1n) is 29.1. The lowest BCUT2D eigenvalue weighted by Gasteiger charge is -2.38. The van der Waals surface area contributed by atoms with Crippen LogP contribution in [-0.4, -0.2) is 187 Å². The minimum atomic E-state index is -2.10. The predicted molar refractivity (Wildman–Crippen MR) is 302 cm³/mol. The van der Waals surface area contributed by atoms with E-state index < -0.39 is 121 Å². The van der Waals surface area contributed by atoms with E-state index in [0.29, 0.717) is 37.6 Å². The molecule has 20 heteroatoms. The minimum absolute atomic E-state index is 0.00422. The number of hydrogen-bond acceptors (Lipinski definition) is 15. The monoisotopic (exact) mass is 1150 g/mol. The molecule has 2 aromatic rings. The van der Waals surface area contributed by atoms with Crippen LogP contribution in [0, 0.1) is 11.8 Å². The third-order valence-corrected chi connectivity index (χ3v) is 15.8. The maximum atomic E-state index is 15.9. The molecular formula is C62H92F2N4O14. The molecule has 3 saturated heterocycles. The summed E-state index contributed by atoms with van der Waals surface area (Å²) < 4.78 is 66.9. The third kappa shape index (κ3) is 19.2. The van der Waals surface area contributed by atoms with E-state index in [2.05, 4.69) is 0 Å². The molecule has 0 spiro atoms. The molecule has 5 rings (SSSR count). The van der Waals surface area contributed by atoms with Crippen molar-refractivity contribution in [2.24, 2.45) is 11.8 Å². The Morgan fingerprint density at radius 1 is 0.512 bits per heavy atom. The second-order valence-electron chi connectivity index (χ2n) is 24.8. The van der Waals surface area contributed by atoms with Gasteiger partial charge in [0, 0.05) is 73.3 Å². The molecule has 3 heterocycles. The van der Waals surface area contributed by atoms with Crippen molar-refractivity contribution in [2.45, 2.75) is 211 Å². The number of amides is 3. The minimum Gasteiger partial charge on any atom is -0.456 e. The molecule has 0 saturated carbocycles. The Kier molecular flexibility index (Phi) is 24.4. The maximum Gasteiger partial charge on any atom is 0.329 e. The summed E-state index contributed by atoms with van der Waals surface area (Å²) in [6.07, 6.45) is -6.30. The maximum absolute atomic E-state index is 15.9. The number of aliphatic hydroxyl groups excluding tert-OH is 1. The quantitative estimate of drug-likeness (QED) is 0.144. The highest BCUT2D eigenvalue weighted by molar-refractivity contribution is 5.93. The van der Waals surface area contributed by atoms with Gasteiger partial charge in [-0.1, -0.05) is 76.2 Å². The van der Waals surface area contributed by atoms with E-state index in [4.69, 9.17) is 28.4 Å². The van der Waals surface area contributed by atoms with E-state index in [1.807, 2.05) is 50.2 Å². The highest BCUT2D eigenvalue weighted by atomic mass is 19.1. The summed E-state index contributed by atoms with van der Waals surface area (Å²) >= 11 is 0. The number of cyclic esters (lactones) is 4. The molecule has 0 aromatic heterocycles. The number of likely N-dealkylation sites (N-methyl/N-ethyl adjacent to an activating group) is 4. The third-order valence-electron chi connectivity index (χ3n) is 15.8. The number of alkyl halides is 2. The highest BCUT2D eigenvalue weighted by Crippen LogP contribution is 2.31. The van der Waals surface area contributed by atoms with Gasteiger partial charge in [0.1, 0.15) is 47.8 Å². The van der Waals surface area contributed by atoms with Crippen molar-refractivity contribution in [2.75, 3.05) is 54.6 Å². The number of nitrogens with zero attached hydrogens (tertiary/aromatic N) is 4. The Morgan fingerprint density at radius 3 is 1.27 bits per heavy atom. The van der Waals surface area contributed by atoms with Crippen molar-refractivity contribution in [1.29, 1.82) is 0 Å². The molecule has 1 unspecified atom stereocenters. The Balaban J connectivity index is 1.61. The van der Waals surface area contributed by atoms with Gasteiger partial charge in [-0.05, 0) is 133 Å². The van der Waals surface area contributed by atoms with Gasteiger partial charge in [-0.25, -0.2) is 23.2 Å². The Morgan fingerprint density at radius 2 is 0.866 bits per heavy atom. The van der Waals surface area contributed by atoms with Gasteiger partial charge >= 0.3 is 23.9 Å². The standard InChI is InChI=1S/C62H92F2N4O14/c1-37(2)31-47-57(73)79-39(5)53(69)67(13)50(36-62(9,10)64)60(76)82-52(34-42-17-21-44(22-18-42)46-25-29-78-30-26-46)56(72)66(12)48(32-38(3)4)58(74)80-40(6)54(70)68(14)49(35-61(7,8)63)59(75)81-51(55(71)65(47)11)33-41-15-19-43(20-16-41)45-23-27-77-28-24-45/h15-22,37-40,45-52,55,71H,23-36H2,1-14H3/t39-,40-,47+,48+,49+,50+,51-,52-,55?/m1/s1. The molecule has 82 heavy (non-hydrogen) atoms. The van der Waals surface area contributed by atoms with E-state index in [-0.39, 0.29) is 49.4 Å². The number of rotatable bonds is 14. The summed E-state index contributed by atoms with van der Waals surface area (Å²) in [5.41, 5.74) is -0.856. The van der Waals surface area contributed by atoms with Crippen molar-refractivity contribution in [3.05, 3.63) is 70.8 Å². The lowest BCUT2D eigenvalue weighted by atomic mass is 9.90. The van der Waals surface area contributed by atoms with Gasteiger partial charge in [0.15, 0.2) is 18.3 Å². The molecule has 0 radical (unpaired) electrons. The number of ether oxygens (including phenoxy) is 6. The molecule has 1 N–H and O–H groups in total. The van der Waals surface area contributed by atoms with Crippen LogP contribution >= 0.6 is 0 Å². The zero-order chi connectivity index (χ0) is 61.0. The van der Waals surface area contributed by atoms with Gasteiger partial charge in [0.05, 0.1) is 0 Å². The van der Waals surface area contributed by atoms with Crippen molar-refractivity contribution < 1.29 is 75.9 Å². The van der Waals surface area contributed by atoms with Crippen LogP contribution in [0.15, 0.2) is 48.5 Å². The first-order valence-corrected chi connectivity index (χ1v) is 29.1. The van der Waals surface area contributed by atoms with Gasteiger partial charge in [0.2, 0.25) is 0 Å². The van der Waals surface area contributed by atoms with Gasteiger partial charge in [-0.3, -0.25) is 24.1 Å². The highest BCUT2D eigenvalue weighted by Gasteiger charge is 2.45. The van der Waals surface area contributed by atoms with Crippen LogP contribution in [0.2, 0.25) is 0 Å². The number of esters is 4. The zero-order valence-corrected chi connectivity index (χ0v) is 50.8. The molecule has 3 fully saturated rings. The van der Waals surface area contributed by atoms with Crippen molar-refractivity contribution in [3.8, 4) is 0 Å². The molecule has 3 amide bonds. The van der Waals surface area contributed by atoms with Crippen LogP contribution in [0.5, 0.6) is 0 Å². The van der Waals surface area contributed by atoms with Crippen molar-refractivity contribution in [1.82, 2.24) is 19.6 Å². The second kappa shape index (κ2) is 29.8. The summed E-state index contributed by atoms with van der Waals surface area (Å²) in [5, 5.41) is 12.4. The molecular weight excluding hydrogens is 1060 g/mol. The first-order chi connectivity index (χ1) is 38.3. The lowest BCUT2D eigenvalue weighted by molar-refractivity contribution is -0.182. The summed E-state index contributed by atoms with van der Waals surface area (Å²) in [4.78, 5) is 107. The number of hydrogen-bond donors (Lipinski definition) is 1. The largest absolute Gasteiger partial charge is 0.456 e. The van der Waals surface area contributed by atoms with Gasteiger partial charge < -0.3 is 48.2 Å². The molecule has 458 valence electrons. The molecule has 18 nitrogen and oxygen atoms in total. The van der Waals surface area contributed by atoms with Crippen LogP contribution in [0.1, 0.15) is 155 Å². The van der Waals surface area contributed by atoms with E-state index in [9.17, 15) is 38.7 Å². The fourth-order valence-corrected chi connectivity index (χ4v) is 10.9. The van der Waals surface area contributed by atoms with E-state index in [1.165, 1.54) is 74.6 Å². The molecule has 9 atom stereocenters. The van der Waals surface area contributed by atoms with E-state index >= 15 is 8.78 Å². The molecule has 3 aliphatic heterocycles. The van der Waals surface area contributed by atoms with Crippen molar-refractivity contribution in [3.63, 3.8) is 0 Å². The Hall–Kier alpha value is -5.57. The Bertz CT molecular complexity index is 2450. The number of carbonyl (C=O) groups excluding carboxylic acids is 7. The Labute approximate surface area is 484 Å². The van der Waals surface area contributed by atoms with Crippen LogP contribution in [0.3, 0.4) is 0 Å². The lowest BCUT2D eigenvalue weighted by Crippen LogP contribution is -2.56. The normalized spacial score (nSPS) is 27.1. The van der Waals surface area contributed by atoms with Crippen molar-refractivity contribution >= 4 is 41.6 Å². The molecule has 3 aliphatic rings. The van der Waals surface area contributed by atoms with E-state index in [1.54, 1.807) is 26.0 Å². The van der Waals surface area contributed by atoms with Gasteiger partial charge in [0.25, 0.3) is 17.7 Å². The number of benzene rings is 2. The summed E-state index contributed by atoms with van der Waals surface area (Å²) in [7, 11) is 5.22. The van der Waals surface area contributed by atoms with Crippen LogP contribution in [-0.2, 0) is 74.8 Å². The van der Waals surface area contributed by atoms with Gasteiger partial charge in [-0.15, -0.1) is 0 Å². The molecule has 0 bridgehead atoms. The predicted octanol–water partition coefficient (Wildman–Crippen LogP) is 7.43. The fourth-order valence-electron chi connectivity index (χ4n) is 10.9. The first kappa shape index (κ1) is 67.2. The second-order valence-corrected chi connectivity index (χ2v) is 24.8. The smallest absolute Gasteiger partial charge is 0.329 e. The van der Waals surface area contributed by atoms with E-state index in [0.717, 1.165) is 51.5 Å². The van der Waals surface area contributed by atoms with Crippen LogP contribution < -0.4 is 0 Å². The number of aliphatic hydroxyl groups is 1. The van der Waals surface area contributed by atoms with Crippen LogP contribution in [0.4, 0.5) is 8.78 Å². The topological polar surface area (TPSA) is 208 Å².